The largest absolute Gasteiger partial charge is 0.508 e. The van der Waals surface area contributed by atoms with Gasteiger partial charge in [0, 0.05) is 12.1 Å². The fourth-order valence-corrected chi connectivity index (χ4v) is 8.00. The molecular weight excluding hydrogens is 824 g/mol. The topological polar surface area (TPSA) is 332 Å². The molecule has 2 fully saturated rings. The van der Waals surface area contributed by atoms with Crippen LogP contribution >= 0.6 is 0 Å². The molecule has 8 rings (SSSR count). The number of phenolic OH excluding ortho intramolecular Hbond substituents is 6. The van der Waals surface area contributed by atoms with Crippen LogP contribution in [-0.2, 0) is 18.9 Å². The zero-order valence-corrected chi connectivity index (χ0v) is 32.5. The summed E-state index contributed by atoms with van der Waals surface area (Å²) in [7, 11) is 0. The van der Waals surface area contributed by atoms with E-state index in [1.54, 1.807) is 0 Å². The molecule has 0 unspecified atom stereocenters. The third kappa shape index (κ3) is 7.18. The fraction of sp³-hybridized carbons (Fsp3) is 0.381. The number of carbonyl (C=O) groups is 2. The van der Waals surface area contributed by atoms with Gasteiger partial charge in [-0.15, -0.1) is 0 Å². The lowest BCUT2D eigenvalue weighted by Gasteiger charge is -2.42. The van der Waals surface area contributed by atoms with Gasteiger partial charge in [0.1, 0.15) is 93.7 Å². The van der Waals surface area contributed by atoms with Gasteiger partial charge in [0.05, 0.1) is 23.3 Å². The van der Waals surface area contributed by atoms with E-state index < -0.39 is 154 Å². The minimum atomic E-state index is -1.89. The second-order valence-corrected chi connectivity index (χ2v) is 15.4. The number of aliphatic hydroxyl groups excluding tert-OH is 6. The summed E-state index contributed by atoms with van der Waals surface area (Å²) in [5.41, 5.74) is -2.50. The molecule has 20 nitrogen and oxygen atoms in total. The summed E-state index contributed by atoms with van der Waals surface area (Å²) in [6.45, 7) is 2.75. The van der Waals surface area contributed by atoms with Crippen molar-refractivity contribution in [3.63, 3.8) is 0 Å². The van der Waals surface area contributed by atoms with Crippen LogP contribution in [0, 0.1) is 0 Å². The van der Waals surface area contributed by atoms with Gasteiger partial charge in [0.2, 0.25) is 11.6 Å². The first-order valence-corrected chi connectivity index (χ1v) is 19.3. The van der Waals surface area contributed by atoms with E-state index in [0.29, 0.717) is 0 Å². The first kappa shape index (κ1) is 42.9. The van der Waals surface area contributed by atoms with Crippen LogP contribution in [0.5, 0.6) is 46.0 Å². The Kier molecular flexibility index (Phi) is 11.2. The number of hydrogen-bond acceptors (Lipinski definition) is 20. The maximum Gasteiger partial charge on any atom is 0.203 e. The Morgan fingerprint density at radius 3 is 1.15 bits per heavy atom. The molecule has 62 heavy (non-hydrogen) atoms. The number of carbonyl (C=O) groups excluding carboxylic acids is 2. The first-order chi connectivity index (χ1) is 29.4. The zero-order valence-electron chi connectivity index (χ0n) is 32.5. The van der Waals surface area contributed by atoms with Crippen molar-refractivity contribution in [3.05, 3.63) is 82.9 Å². The third-order valence-corrected chi connectivity index (χ3v) is 11.4. The van der Waals surface area contributed by atoms with Crippen molar-refractivity contribution in [2.45, 2.75) is 99.7 Å². The Hall–Kier alpha value is -5.78. The standard InChI is InChI=1S/C42H42O20/c1-13-27(47)33(53)35(55)41(57-13)61-39-31(51)25-21(59-37(39)15-3-7-17(43)8-4-15)11-19(45)23(29(25)49)24-20(46)12-22-26(30(24)50)32(52)40(38(60-22)16-5-9-18(44)10-6-16)62-42-36(56)34(54)28(48)14(2)58-42/h3-14,27-28,33-50,53-56H,1-2H3/t13-,14-,27-,28-,33+,34+,35+,36+,37+,38+,39-,40-,41-,42-/m0/s1. The number of ketones is 2. The van der Waals surface area contributed by atoms with Crippen LogP contribution in [0.3, 0.4) is 0 Å². The Morgan fingerprint density at radius 2 is 0.806 bits per heavy atom. The highest BCUT2D eigenvalue weighted by molar-refractivity contribution is 6.11. The van der Waals surface area contributed by atoms with Crippen LogP contribution in [-0.4, -0.2) is 146 Å². The monoisotopic (exact) mass is 866 g/mol. The second kappa shape index (κ2) is 16.2. The van der Waals surface area contributed by atoms with Gasteiger partial charge in [-0.1, -0.05) is 24.3 Å². The van der Waals surface area contributed by atoms with E-state index in [1.807, 2.05) is 0 Å². The Labute approximate surface area is 350 Å². The molecule has 4 aliphatic heterocycles. The number of benzene rings is 4. The second-order valence-electron chi connectivity index (χ2n) is 15.4. The lowest BCUT2D eigenvalue weighted by Crippen LogP contribution is -2.59. The lowest BCUT2D eigenvalue weighted by molar-refractivity contribution is -0.304. The van der Waals surface area contributed by atoms with Gasteiger partial charge >= 0.3 is 0 Å². The summed E-state index contributed by atoms with van der Waals surface area (Å²) in [4.78, 5) is 29.0. The zero-order chi connectivity index (χ0) is 44.6. The normalized spacial score (nSPS) is 33.2. The number of fused-ring (bicyclic) bond motifs is 2. The van der Waals surface area contributed by atoms with Crippen molar-refractivity contribution in [1.82, 2.24) is 0 Å². The molecule has 2 saturated heterocycles. The smallest absolute Gasteiger partial charge is 0.203 e. The van der Waals surface area contributed by atoms with E-state index in [1.165, 1.54) is 62.4 Å². The van der Waals surface area contributed by atoms with Gasteiger partial charge < -0.3 is 89.7 Å². The molecule has 12 N–H and O–H groups in total. The van der Waals surface area contributed by atoms with Crippen molar-refractivity contribution in [2.24, 2.45) is 0 Å². The van der Waals surface area contributed by atoms with Crippen molar-refractivity contribution in [2.75, 3.05) is 0 Å². The summed E-state index contributed by atoms with van der Waals surface area (Å²) < 4.78 is 35.2. The third-order valence-electron chi connectivity index (χ3n) is 11.4. The Bertz CT molecular complexity index is 2200. The van der Waals surface area contributed by atoms with Crippen LogP contribution in [0.4, 0.5) is 0 Å². The average Bonchev–Trinajstić information content (AvgIpc) is 3.23. The quantitative estimate of drug-likeness (QED) is 0.121. The minimum absolute atomic E-state index is 0.152. The van der Waals surface area contributed by atoms with E-state index in [0.717, 1.165) is 12.1 Å². The number of aromatic hydroxyl groups is 6. The fourth-order valence-electron chi connectivity index (χ4n) is 8.00. The predicted molar refractivity (Wildman–Crippen MR) is 205 cm³/mol. The molecule has 4 heterocycles. The SMILES string of the molecule is C[C@@H]1O[C@@H](O[C@H]2C(=O)c3c(cc(O)c(-c4c(O)cc5c(c4O)C(=O)[C@H](O[C@@H]4O[C@@H](C)[C@H](O)[C@@H](O)[C@H]4O)[C@@H](c4ccc(O)cc4)O5)c3O)O[C@@H]2c2ccc(O)cc2)[C@H](O)[C@H](O)[C@H]1O. The molecule has 0 spiro atoms. The predicted octanol–water partition coefficient (Wildman–Crippen LogP) is 0.645. The molecule has 20 heteroatoms. The molecule has 330 valence electrons. The number of aliphatic hydroxyl groups is 6. The van der Waals surface area contributed by atoms with Crippen LogP contribution in [0.1, 0.15) is 57.9 Å². The highest BCUT2D eigenvalue weighted by Gasteiger charge is 2.51. The molecular formula is C42H42O20. The number of rotatable bonds is 7. The van der Waals surface area contributed by atoms with Gasteiger partial charge in [-0.2, -0.15) is 0 Å². The average molecular weight is 867 g/mol. The van der Waals surface area contributed by atoms with Crippen LogP contribution < -0.4 is 9.47 Å². The molecule has 0 aromatic heterocycles. The Morgan fingerprint density at radius 1 is 0.468 bits per heavy atom. The minimum Gasteiger partial charge on any atom is -0.508 e. The molecule has 4 aromatic rings. The van der Waals surface area contributed by atoms with E-state index >= 15 is 0 Å². The molecule has 0 aliphatic carbocycles. The van der Waals surface area contributed by atoms with Crippen LogP contribution in [0.2, 0.25) is 0 Å². The van der Waals surface area contributed by atoms with Gasteiger partial charge in [-0.3, -0.25) is 9.59 Å². The maximum atomic E-state index is 14.5. The number of hydrogen-bond donors (Lipinski definition) is 12. The van der Waals surface area contributed by atoms with Gasteiger partial charge in [0.25, 0.3) is 0 Å². The number of ether oxygens (including phenoxy) is 6. The van der Waals surface area contributed by atoms with E-state index in [9.17, 15) is 70.9 Å². The first-order valence-electron chi connectivity index (χ1n) is 19.3. The highest BCUT2D eigenvalue weighted by Crippen LogP contribution is 2.56. The molecule has 0 bridgehead atoms. The summed E-state index contributed by atoms with van der Waals surface area (Å²) in [5, 5.41) is 129. The molecule has 4 aromatic carbocycles. The van der Waals surface area contributed by atoms with Crippen molar-refractivity contribution in [3.8, 4) is 57.1 Å². The molecule has 14 atom stereocenters. The van der Waals surface area contributed by atoms with Crippen molar-refractivity contribution in [1.29, 1.82) is 0 Å². The van der Waals surface area contributed by atoms with Crippen molar-refractivity contribution >= 4 is 11.6 Å². The maximum absolute atomic E-state index is 14.5. The van der Waals surface area contributed by atoms with Gasteiger partial charge in [-0.05, 0) is 49.2 Å². The summed E-state index contributed by atoms with van der Waals surface area (Å²) in [6.07, 6.45) is -22.6. The molecule has 0 amide bonds. The molecule has 0 radical (unpaired) electrons. The number of phenols is 6. The summed E-state index contributed by atoms with van der Waals surface area (Å²) in [5.74, 6) is -7.28. The summed E-state index contributed by atoms with van der Waals surface area (Å²) >= 11 is 0. The number of Topliss-reactive ketones (excluding diaryl/α,β-unsaturated/α-hetero) is 2. The van der Waals surface area contributed by atoms with E-state index in [-0.39, 0.29) is 22.6 Å². The van der Waals surface area contributed by atoms with E-state index in [4.69, 9.17) is 28.4 Å². The lowest BCUT2D eigenvalue weighted by atomic mass is 9.86. The van der Waals surface area contributed by atoms with Crippen molar-refractivity contribution < 1.29 is 99.3 Å². The highest BCUT2D eigenvalue weighted by atomic mass is 16.7. The van der Waals surface area contributed by atoms with Crippen LogP contribution in [0.25, 0.3) is 11.1 Å². The van der Waals surface area contributed by atoms with E-state index in [2.05, 4.69) is 0 Å². The Balaban J connectivity index is 1.21. The summed E-state index contributed by atoms with van der Waals surface area (Å²) in [6, 6.07) is 12.4. The van der Waals surface area contributed by atoms with Crippen LogP contribution in [0.15, 0.2) is 60.7 Å². The molecule has 0 saturated carbocycles. The molecule has 4 aliphatic rings. The van der Waals surface area contributed by atoms with Gasteiger partial charge in [0.15, 0.2) is 37.0 Å². The van der Waals surface area contributed by atoms with Gasteiger partial charge in [-0.25, -0.2) is 0 Å².